The standard InChI is InChI=1S/C11H18N4O2S/c1-11(4-2-3-5-11)7-15-9(12)13-14-10(15)18-6-8(16)17/h2-7H2,1H3,(H2,12,13)(H,16,17). The number of nitrogens with two attached hydrogens (primary N) is 1. The lowest BCUT2D eigenvalue weighted by Gasteiger charge is -2.24. The maximum Gasteiger partial charge on any atom is 0.313 e. The van der Waals surface area contributed by atoms with Crippen molar-refractivity contribution in [2.75, 3.05) is 11.5 Å². The van der Waals surface area contributed by atoms with Gasteiger partial charge in [-0.3, -0.25) is 9.36 Å². The molecule has 18 heavy (non-hydrogen) atoms. The van der Waals surface area contributed by atoms with E-state index in [0.29, 0.717) is 11.1 Å². The van der Waals surface area contributed by atoms with Crippen LogP contribution in [0.25, 0.3) is 0 Å². The van der Waals surface area contributed by atoms with Crippen LogP contribution in [0.15, 0.2) is 5.16 Å². The molecule has 1 aromatic rings. The van der Waals surface area contributed by atoms with Gasteiger partial charge in [0.15, 0.2) is 5.16 Å². The summed E-state index contributed by atoms with van der Waals surface area (Å²) in [5, 5.41) is 17.1. The summed E-state index contributed by atoms with van der Waals surface area (Å²) in [6.07, 6.45) is 4.84. The average Bonchev–Trinajstić information content (AvgIpc) is 2.86. The Kier molecular flexibility index (Phi) is 3.79. The Balaban J connectivity index is 2.11. The van der Waals surface area contributed by atoms with E-state index in [9.17, 15) is 4.79 Å². The van der Waals surface area contributed by atoms with Gasteiger partial charge in [-0.15, -0.1) is 10.2 Å². The molecule has 3 N–H and O–H groups in total. The summed E-state index contributed by atoms with van der Waals surface area (Å²) < 4.78 is 1.85. The first-order valence-corrected chi connectivity index (χ1v) is 7.02. The number of aromatic nitrogens is 3. The minimum atomic E-state index is -0.861. The third-order valence-electron chi connectivity index (χ3n) is 3.42. The van der Waals surface area contributed by atoms with Crippen LogP contribution in [0, 0.1) is 5.41 Å². The molecule has 1 heterocycles. The van der Waals surface area contributed by atoms with Gasteiger partial charge in [-0.1, -0.05) is 31.5 Å². The van der Waals surface area contributed by atoms with Crippen LogP contribution < -0.4 is 5.73 Å². The van der Waals surface area contributed by atoms with Crippen LogP contribution in [0.1, 0.15) is 32.6 Å². The van der Waals surface area contributed by atoms with E-state index >= 15 is 0 Å². The molecule has 0 radical (unpaired) electrons. The van der Waals surface area contributed by atoms with E-state index in [-0.39, 0.29) is 11.2 Å². The van der Waals surface area contributed by atoms with E-state index in [0.717, 1.165) is 6.54 Å². The second kappa shape index (κ2) is 5.17. The minimum Gasteiger partial charge on any atom is -0.481 e. The number of rotatable bonds is 5. The van der Waals surface area contributed by atoms with E-state index in [1.807, 2.05) is 4.57 Å². The first-order valence-electron chi connectivity index (χ1n) is 6.03. The van der Waals surface area contributed by atoms with Crippen molar-refractivity contribution in [1.82, 2.24) is 14.8 Å². The number of nitrogens with zero attached hydrogens (tertiary/aromatic N) is 3. The van der Waals surface area contributed by atoms with Crippen molar-refractivity contribution in [3.63, 3.8) is 0 Å². The van der Waals surface area contributed by atoms with E-state index in [2.05, 4.69) is 17.1 Å². The first-order chi connectivity index (χ1) is 8.50. The Labute approximate surface area is 110 Å². The van der Waals surface area contributed by atoms with Gasteiger partial charge in [-0.25, -0.2) is 0 Å². The third-order valence-corrected chi connectivity index (χ3v) is 4.37. The summed E-state index contributed by atoms with van der Waals surface area (Å²) in [6, 6.07) is 0. The number of aliphatic carboxylic acids is 1. The van der Waals surface area contributed by atoms with Gasteiger partial charge in [0.05, 0.1) is 5.75 Å². The van der Waals surface area contributed by atoms with E-state index < -0.39 is 5.97 Å². The van der Waals surface area contributed by atoms with Gasteiger partial charge in [0.25, 0.3) is 0 Å². The summed E-state index contributed by atoms with van der Waals surface area (Å²) >= 11 is 1.17. The Hall–Kier alpha value is -1.24. The van der Waals surface area contributed by atoms with Gasteiger partial charge in [0.1, 0.15) is 0 Å². The molecule has 0 atom stereocenters. The van der Waals surface area contributed by atoms with Crippen LogP contribution in [0.2, 0.25) is 0 Å². The number of anilines is 1. The number of carboxylic acid groups (broad SMARTS) is 1. The van der Waals surface area contributed by atoms with Crippen molar-refractivity contribution in [3.8, 4) is 0 Å². The third kappa shape index (κ3) is 2.95. The Morgan fingerprint density at radius 2 is 2.17 bits per heavy atom. The zero-order valence-electron chi connectivity index (χ0n) is 10.4. The maximum atomic E-state index is 10.6. The lowest BCUT2D eigenvalue weighted by atomic mass is 9.89. The Morgan fingerprint density at radius 3 is 2.78 bits per heavy atom. The van der Waals surface area contributed by atoms with Crippen LogP contribution in [0.5, 0.6) is 0 Å². The highest BCUT2D eigenvalue weighted by Crippen LogP contribution is 2.40. The zero-order chi connectivity index (χ0) is 13.2. The number of thioether (sulfide) groups is 1. The molecule has 1 aromatic heterocycles. The molecular weight excluding hydrogens is 252 g/mol. The smallest absolute Gasteiger partial charge is 0.313 e. The molecule has 0 saturated heterocycles. The van der Waals surface area contributed by atoms with Crippen molar-refractivity contribution in [1.29, 1.82) is 0 Å². The highest BCUT2D eigenvalue weighted by molar-refractivity contribution is 7.99. The molecule has 1 fully saturated rings. The lowest BCUT2D eigenvalue weighted by Crippen LogP contribution is -2.21. The SMILES string of the molecule is CC1(Cn2c(N)nnc2SCC(=O)O)CCCC1. The summed E-state index contributed by atoms with van der Waals surface area (Å²) in [7, 11) is 0. The molecule has 0 aliphatic heterocycles. The Morgan fingerprint density at radius 1 is 1.50 bits per heavy atom. The summed E-state index contributed by atoms with van der Waals surface area (Å²) in [6.45, 7) is 3.01. The fourth-order valence-electron chi connectivity index (χ4n) is 2.45. The van der Waals surface area contributed by atoms with Crippen molar-refractivity contribution < 1.29 is 9.90 Å². The van der Waals surface area contributed by atoms with Crippen molar-refractivity contribution in [2.24, 2.45) is 5.41 Å². The van der Waals surface area contributed by atoms with Gasteiger partial charge in [-0.05, 0) is 18.3 Å². The van der Waals surface area contributed by atoms with Crippen LogP contribution in [0.3, 0.4) is 0 Å². The number of carbonyl (C=O) groups is 1. The molecule has 1 saturated carbocycles. The number of hydrogen-bond donors (Lipinski definition) is 2. The van der Waals surface area contributed by atoms with Gasteiger partial charge in [0, 0.05) is 6.54 Å². The van der Waals surface area contributed by atoms with Crippen molar-refractivity contribution in [3.05, 3.63) is 0 Å². The van der Waals surface area contributed by atoms with Crippen molar-refractivity contribution >= 4 is 23.7 Å². The maximum absolute atomic E-state index is 10.6. The van der Waals surface area contributed by atoms with Crippen LogP contribution in [-0.4, -0.2) is 31.6 Å². The molecule has 7 heteroatoms. The van der Waals surface area contributed by atoms with E-state index in [4.69, 9.17) is 10.8 Å². The molecular formula is C11H18N4O2S. The second-order valence-corrected chi connectivity index (χ2v) is 6.07. The quantitative estimate of drug-likeness (QED) is 0.789. The highest BCUT2D eigenvalue weighted by atomic mass is 32.2. The van der Waals surface area contributed by atoms with Gasteiger partial charge >= 0.3 is 5.97 Å². The summed E-state index contributed by atoms with van der Waals surface area (Å²) in [5.74, 6) is -0.509. The van der Waals surface area contributed by atoms with E-state index in [1.54, 1.807) is 0 Å². The number of hydrogen-bond acceptors (Lipinski definition) is 5. The Bertz CT molecular complexity index is 440. The second-order valence-electron chi connectivity index (χ2n) is 5.13. The molecule has 0 aromatic carbocycles. The highest BCUT2D eigenvalue weighted by Gasteiger charge is 2.30. The molecule has 0 spiro atoms. The molecule has 0 bridgehead atoms. The molecule has 1 aliphatic rings. The molecule has 0 amide bonds. The van der Waals surface area contributed by atoms with E-state index in [1.165, 1.54) is 37.4 Å². The van der Waals surface area contributed by atoms with Crippen LogP contribution in [0.4, 0.5) is 5.95 Å². The molecule has 2 rings (SSSR count). The largest absolute Gasteiger partial charge is 0.481 e. The van der Waals surface area contributed by atoms with Gasteiger partial charge in [-0.2, -0.15) is 0 Å². The van der Waals surface area contributed by atoms with Gasteiger partial charge in [0.2, 0.25) is 5.95 Å². The average molecular weight is 270 g/mol. The number of nitrogen functional groups attached to an aromatic ring is 1. The lowest BCUT2D eigenvalue weighted by molar-refractivity contribution is -0.133. The predicted molar refractivity (Wildman–Crippen MR) is 69.4 cm³/mol. The predicted octanol–water partition coefficient (Wildman–Crippen LogP) is 1.62. The van der Waals surface area contributed by atoms with Crippen LogP contribution in [-0.2, 0) is 11.3 Å². The molecule has 1 aliphatic carbocycles. The normalized spacial score (nSPS) is 18.1. The van der Waals surface area contributed by atoms with Crippen LogP contribution >= 0.6 is 11.8 Å². The fraction of sp³-hybridized carbons (Fsp3) is 0.727. The van der Waals surface area contributed by atoms with Gasteiger partial charge < -0.3 is 10.8 Å². The fourth-order valence-corrected chi connectivity index (χ4v) is 3.12. The zero-order valence-corrected chi connectivity index (χ0v) is 11.2. The topological polar surface area (TPSA) is 94.0 Å². The summed E-state index contributed by atoms with van der Waals surface area (Å²) in [4.78, 5) is 10.6. The molecule has 0 unspecified atom stereocenters. The monoisotopic (exact) mass is 270 g/mol. The number of carboxylic acids is 1. The molecule has 6 nitrogen and oxygen atoms in total. The molecule has 100 valence electrons. The first kappa shape index (κ1) is 13.2. The minimum absolute atomic E-state index is 0.0190. The summed E-state index contributed by atoms with van der Waals surface area (Å²) in [5.41, 5.74) is 6.04. The van der Waals surface area contributed by atoms with Crippen molar-refractivity contribution in [2.45, 2.75) is 44.3 Å².